The summed E-state index contributed by atoms with van der Waals surface area (Å²) in [4.78, 5) is 14.9. The minimum absolute atomic E-state index is 0.0852. The zero-order valence-electron chi connectivity index (χ0n) is 19.1. The summed E-state index contributed by atoms with van der Waals surface area (Å²) in [6, 6.07) is 18.4. The molecular weight excluding hydrogens is 458 g/mol. The van der Waals surface area contributed by atoms with Gasteiger partial charge in [0.2, 0.25) is 6.79 Å². The zero-order valence-corrected chi connectivity index (χ0v) is 19.8. The molecule has 1 amide bonds. The number of nitrogens with zero attached hydrogens (tertiary/aromatic N) is 1. The lowest BCUT2D eigenvalue weighted by molar-refractivity contribution is -0.134. The van der Waals surface area contributed by atoms with E-state index >= 15 is 0 Å². The monoisotopic (exact) mass is 483 g/mol. The maximum Gasteiger partial charge on any atom is 0.260 e. The second kappa shape index (κ2) is 11.0. The van der Waals surface area contributed by atoms with E-state index < -0.39 is 0 Å². The SMILES string of the molecule is COc1ccc(CCN(Cc2ccc3c(c2)OCO3)C(=O)COc2ccc(Cl)cc2)cc1OC. The Labute approximate surface area is 203 Å². The van der Waals surface area contributed by atoms with Crippen molar-refractivity contribution in [1.82, 2.24) is 4.90 Å². The standard InChI is InChI=1S/C26H26ClNO6/c1-30-22-9-3-18(13-24(22)31-2)11-12-28(15-19-4-10-23-25(14-19)34-17-33-23)26(29)16-32-21-7-5-20(27)6-8-21/h3-10,13-14H,11-12,15-17H2,1-2H3. The molecule has 0 aromatic heterocycles. The molecule has 1 aliphatic heterocycles. The van der Waals surface area contributed by atoms with E-state index in [0.717, 1.165) is 11.1 Å². The Bertz CT molecular complexity index is 1130. The van der Waals surface area contributed by atoms with Crippen molar-refractivity contribution in [1.29, 1.82) is 0 Å². The maximum atomic E-state index is 13.1. The van der Waals surface area contributed by atoms with E-state index in [-0.39, 0.29) is 19.3 Å². The van der Waals surface area contributed by atoms with Crippen molar-refractivity contribution in [3.8, 4) is 28.7 Å². The molecule has 0 N–H and O–H groups in total. The van der Waals surface area contributed by atoms with Gasteiger partial charge in [-0.3, -0.25) is 4.79 Å². The Morgan fingerprint density at radius 2 is 1.65 bits per heavy atom. The number of carbonyl (C=O) groups excluding carboxylic acids is 1. The van der Waals surface area contributed by atoms with Gasteiger partial charge in [0.1, 0.15) is 5.75 Å². The molecule has 0 bridgehead atoms. The average Bonchev–Trinajstić information content (AvgIpc) is 3.33. The molecule has 3 aromatic rings. The second-order valence-corrected chi connectivity index (χ2v) is 8.12. The van der Waals surface area contributed by atoms with Crippen molar-refractivity contribution in [2.75, 3.05) is 34.2 Å². The van der Waals surface area contributed by atoms with Crippen LogP contribution in [-0.4, -0.2) is 45.0 Å². The van der Waals surface area contributed by atoms with Crippen LogP contribution in [0.2, 0.25) is 5.02 Å². The molecule has 0 aliphatic carbocycles. The van der Waals surface area contributed by atoms with Gasteiger partial charge in [-0.2, -0.15) is 0 Å². The fraction of sp³-hybridized carbons (Fsp3) is 0.269. The van der Waals surface area contributed by atoms with Gasteiger partial charge >= 0.3 is 0 Å². The highest BCUT2D eigenvalue weighted by Crippen LogP contribution is 2.33. The number of benzene rings is 3. The quantitative estimate of drug-likeness (QED) is 0.415. The van der Waals surface area contributed by atoms with Crippen molar-refractivity contribution in [3.63, 3.8) is 0 Å². The Balaban J connectivity index is 1.47. The molecule has 8 heteroatoms. The van der Waals surface area contributed by atoms with E-state index in [1.807, 2.05) is 36.4 Å². The summed E-state index contributed by atoms with van der Waals surface area (Å²) in [5.41, 5.74) is 1.97. The van der Waals surface area contributed by atoms with Crippen molar-refractivity contribution >= 4 is 17.5 Å². The molecule has 1 heterocycles. The lowest BCUT2D eigenvalue weighted by Gasteiger charge is -2.23. The molecule has 0 saturated heterocycles. The van der Waals surface area contributed by atoms with Crippen LogP contribution < -0.4 is 23.7 Å². The summed E-state index contributed by atoms with van der Waals surface area (Å²) in [5.74, 6) is 3.16. The number of amides is 1. The van der Waals surface area contributed by atoms with Crippen molar-refractivity contribution in [2.45, 2.75) is 13.0 Å². The van der Waals surface area contributed by atoms with Gasteiger partial charge in [0, 0.05) is 18.1 Å². The Morgan fingerprint density at radius 3 is 2.41 bits per heavy atom. The Morgan fingerprint density at radius 1 is 0.912 bits per heavy atom. The molecule has 3 aromatic carbocycles. The highest BCUT2D eigenvalue weighted by molar-refractivity contribution is 6.30. The number of methoxy groups -OCH3 is 2. The number of ether oxygens (including phenoxy) is 5. The van der Waals surface area contributed by atoms with Gasteiger partial charge in [-0.1, -0.05) is 23.7 Å². The molecule has 178 valence electrons. The van der Waals surface area contributed by atoms with Crippen molar-refractivity contribution in [3.05, 3.63) is 76.8 Å². The van der Waals surface area contributed by atoms with E-state index in [2.05, 4.69) is 0 Å². The number of halogens is 1. The predicted molar refractivity (Wildman–Crippen MR) is 128 cm³/mol. The molecule has 0 saturated carbocycles. The van der Waals surface area contributed by atoms with Crippen molar-refractivity contribution in [2.24, 2.45) is 0 Å². The fourth-order valence-electron chi connectivity index (χ4n) is 3.62. The summed E-state index contributed by atoms with van der Waals surface area (Å²) < 4.78 is 27.3. The number of fused-ring (bicyclic) bond motifs is 1. The van der Waals surface area contributed by atoms with Crippen LogP contribution in [0.4, 0.5) is 0 Å². The highest BCUT2D eigenvalue weighted by atomic mass is 35.5. The molecule has 0 unspecified atom stereocenters. The highest BCUT2D eigenvalue weighted by Gasteiger charge is 2.19. The van der Waals surface area contributed by atoms with Crippen LogP contribution in [-0.2, 0) is 17.8 Å². The van der Waals surface area contributed by atoms with Crippen LogP contribution in [0.3, 0.4) is 0 Å². The molecule has 4 rings (SSSR count). The van der Waals surface area contributed by atoms with Crippen LogP contribution in [0.15, 0.2) is 60.7 Å². The lowest BCUT2D eigenvalue weighted by atomic mass is 10.1. The number of hydrogen-bond donors (Lipinski definition) is 0. The Hall–Kier alpha value is -3.58. The van der Waals surface area contributed by atoms with Gasteiger partial charge in [-0.25, -0.2) is 0 Å². The molecule has 0 atom stereocenters. The molecule has 0 radical (unpaired) electrons. The van der Waals surface area contributed by atoms with E-state index in [1.165, 1.54) is 0 Å². The van der Waals surface area contributed by atoms with Crippen molar-refractivity contribution < 1.29 is 28.5 Å². The molecule has 0 fully saturated rings. The number of carbonyl (C=O) groups is 1. The molecule has 34 heavy (non-hydrogen) atoms. The topological polar surface area (TPSA) is 66.5 Å². The first kappa shape index (κ1) is 23.6. The van der Waals surface area contributed by atoms with E-state index in [4.69, 9.17) is 35.3 Å². The third kappa shape index (κ3) is 5.85. The average molecular weight is 484 g/mol. The van der Waals surface area contributed by atoms with Crippen LogP contribution in [0, 0.1) is 0 Å². The summed E-state index contributed by atoms with van der Waals surface area (Å²) >= 11 is 5.93. The van der Waals surface area contributed by atoms with Crippen LogP contribution in [0.5, 0.6) is 28.7 Å². The van der Waals surface area contributed by atoms with Gasteiger partial charge in [-0.15, -0.1) is 0 Å². The summed E-state index contributed by atoms with van der Waals surface area (Å²) in [5, 5.41) is 0.609. The maximum absolute atomic E-state index is 13.1. The molecule has 7 nitrogen and oxygen atoms in total. The third-order valence-corrected chi connectivity index (χ3v) is 5.71. The van der Waals surface area contributed by atoms with Gasteiger partial charge in [-0.05, 0) is 66.1 Å². The van der Waals surface area contributed by atoms with Crippen LogP contribution >= 0.6 is 11.6 Å². The van der Waals surface area contributed by atoms with E-state index in [1.54, 1.807) is 43.4 Å². The minimum atomic E-state index is -0.131. The normalized spacial score (nSPS) is 11.7. The Kier molecular flexibility index (Phi) is 7.65. The molecule has 0 spiro atoms. The molecular formula is C26H26ClNO6. The van der Waals surface area contributed by atoms with Gasteiger partial charge < -0.3 is 28.6 Å². The minimum Gasteiger partial charge on any atom is -0.493 e. The lowest BCUT2D eigenvalue weighted by Crippen LogP contribution is -2.36. The number of hydrogen-bond acceptors (Lipinski definition) is 6. The second-order valence-electron chi connectivity index (χ2n) is 7.68. The van der Waals surface area contributed by atoms with Gasteiger partial charge in [0.25, 0.3) is 5.91 Å². The first-order chi connectivity index (χ1) is 16.6. The van der Waals surface area contributed by atoms with Gasteiger partial charge in [0.05, 0.1) is 14.2 Å². The van der Waals surface area contributed by atoms with Crippen LogP contribution in [0.1, 0.15) is 11.1 Å². The largest absolute Gasteiger partial charge is 0.493 e. The first-order valence-corrected chi connectivity index (χ1v) is 11.2. The van der Waals surface area contributed by atoms with E-state index in [9.17, 15) is 4.79 Å². The molecule has 1 aliphatic rings. The predicted octanol–water partition coefficient (Wildman–Crippen LogP) is 4.74. The van der Waals surface area contributed by atoms with E-state index in [0.29, 0.717) is 53.3 Å². The summed E-state index contributed by atoms with van der Waals surface area (Å²) in [7, 11) is 3.20. The van der Waals surface area contributed by atoms with Crippen LogP contribution in [0.25, 0.3) is 0 Å². The number of rotatable bonds is 10. The van der Waals surface area contributed by atoms with Gasteiger partial charge in [0.15, 0.2) is 29.6 Å². The zero-order chi connectivity index (χ0) is 23.9. The first-order valence-electron chi connectivity index (χ1n) is 10.8. The summed E-state index contributed by atoms with van der Waals surface area (Å²) in [6.07, 6.45) is 0.636. The smallest absolute Gasteiger partial charge is 0.260 e. The third-order valence-electron chi connectivity index (χ3n) is 5.46. The summed E-state index contributed by atoms with van der Waals surface area (Å²) in [6.45, 7) is 1.02. The fourth-order valence-corrected chi connectivity index (χ4v) is 3.74.